The monoisotopic (exact) mass is 765 g/mol. The van der Waals surface area contributed by atoms with E-state index in [9.17, 15) is 5.11 Å². The van der Waals surface area contributed by atoms with Crippen molar-refractivity contribution in [2.24, 2.45) is 12.5 Å². The Balaban J connectivity index is 1.20. The summed E-state index contributed by atoms with van der Waals surface area (Å²) in [6.07, 6.45) is 12.7. The molecule has 1 N–H and O–H groups in total. The van der Waals surface area contributed by atoms with Crippen LogP contribution in [-0.4, -0.2) is 119 Å². The molecule has 4 aliphatic rings. The second-order valence-corrected chi connectivity index (χ2v) is 16.9. The van der Waals surface area contributed by atoms with Gasteiger partial charge < -0.3 is 24.2 Å². The van der Waals surface area contributed by atoms with Crippen LogP contribution in [0.2, 0.25) is 0 Å². The number of hydrogen-bond acceptors (Lipinski definition) is 10. The number of piperazine rings is 1. The first-order valence-corrected chi connectivity index (χ1v) is 19.7. The van der Waals surface area contributed by atoms with Gasteiger partial charge in [0.25, 0.3) is 0 Å². The molecule has 4 fully saturated rings. The van der Waals surface area contributed by atoms with Gasteiger partial charge in [-0.1, -0.05) is 12.0 Å². The number of phenolic OH excluding ortho intramolecular Hbond substituents is 1. The number of aromatic hydroxyl groups is 1. The first-order valence-electron chi connectivity index (χ1n) is 19.7. The van der Waals surface area contributed by atoms with Gasteiger partial charge in [-0.15, -0.1) is 6.42 Å². The third-order valence-corrected chi connectivity index (χ3v) is 12.5. The van der Waals surface area contributed by atoms with Crippen LogP contribution in [0.3, 0.4) is 0 Å². The van der Waals surface area contributed by atoms with Crippen LogP contribution in [0.15, 0.2) is 30.5 Å². The second kappa shape index (κ2) is 14.1. The molecular formula is C43H49F2N7O4. The third-order valence-electron chi connectivity index (χ3n) is 12.5. The van der Waals surface area contributed by atoms with Gasteiger partial charge in [0, 0.05) is 99.1 Å². The van der Waals surface area contributed by atoms with Crippen molar-refractivity contribution in [1.29, 1.82) is 0 Å². The summed E-state index contributed by atoms with van der Waals surface area (Å²) in [4.78, 5) is 17.4. The standard InChI is InChI=1S/C43H49F2N7O4/c1-6-30-33(44)11-8-26-18-29(53)19-31(34(26)30)35-37(45)39-36(32-22-49(4)48-38(32)35)40(52-27-9-10-28(52)21-50(20-27)14-7-16-54-5)47-41(46-39)56-25-43(12-13-43)23-51-15-17-55-24-42(51,2)3/h1,8,11,18-19,22,27-28,53H,7,9-10,12-17,20-21,23-25H2,2-5H3/t27-,28+. The highest BCUT2D eigenvalue weighted by Gasteiger charge is 2.48. The SMILES string of the molecule is C#Cc1c(F)ccc2cc(O)cc(-c3c(F)c4nc(OCC5(CN6CCOCC6(C)C)CC5)nc(N5[C@@H]6CC[C@H]5CN(CCCOC)C6)c4c4cn(C)nc34)c12. The van der Waals surface area contributed by atoms with Gasteiger partial charge in [0.2, 0.25) is 0 Å². The van der Waals surface area contributed by atoms with E-state index in [0.717, 1.165) is 64.8 Å². The summed E-state index contributed by atoms with van der Waals surface area (Å²) < 4.78 is 52.5. The van der Waals surface area contributed by atoms with E-state index in [1.165, 1.54) is 24.3 Å². The highest BCUT2D eigenvalue weighted by atomic mass is 19.1. The van der Waals surface area contributed by atoms with Gasteiger partial charge in [-0.2, -0.15) is 15.1 Å². The van der Waals surface area contributed by atoms with Crippen LogP contribution in [0, 0.1) is 29.4 Å². The van der Waals surface area contributed by atoms with E-state index < -0.39 is 11.6 Å². The zero-order valence-corrected chi connectivity index (χ0v) is 32.6. The molecule has 5 heterocycles. The lowest BCUT2D eigenvalue weighted by Gasteiger charge is -2.43. The summed E-state index contributed by atoms with van der Waals surface area (Å²) in [5.74, 6) is 1.71. The van der Waals surface area contributed by atoms with Crippen molar-refractivity contribution in [2.45, 2.75) is 63.6 Å². The number of nitrogens with zero attached hydrogens (tertiary/aromatic N) is 7. The highest BCUT2D eigenvalue weighted by molar-refractivity contribution is 6.18. The van der Waals surface area contributed by atoms with Crippen LogP contribution in [0.5, 0.6) is 11.8 Å². The van der Waals surface area contributed by atoms with Gasteiger partial charge >= 0.3 is 6.01 Å². The molecule has 1 saturated carbocycles. The quantitative estimate of drug-likeness (QED) is 0.123. The van der Waals surface area contributed by atoms with Crippen molar-refractivity contribution in [3.8, 4) is 35.2 Å². The number of phenols is 1. The topological polar surface area (TPSA) is 101 Å². The minimum absolute atomic E-state index is 0.0217. The molecule has 1 aliphatic carbocycles. The molecule has 2 bridgehead atoms. The Morgan fingerprint density at radius 2 is 1.86 bits per heavy atom. The predicted molar refractivity (Wildman–Crippen MR) is 212 cm³/mol. The number of terminal acetylenes is 1. The Hall–Kier alpha value is -4.61. The lowest BCUT2D eigenvalue weighted by atomic mass is 9.91. The maximum atomic E-state index is 17.9. The fraction of sp³-hybridized carbons (Fsp3) is 0.512. The number of aryl methyl sites for hydroxylation is 1. The fourth-order valence-corrected chi connectivity index (χ4v) is 9.46. The molecule has 5 aromatic rings. The molecule has 56 heavy (non-hydrogen) atoms. The molecule has 294 valence electrons. The van der Waals surface area contributed by atoms with E-state index >= 15 is 8.78 Å². The number of fused-ring (bicyclic) bond motifs is 6. The van der Waals surface area contributed by atoms with Crippen molar-refractivity contribution in [1.82, 2.24) is 29.5 Å². The number of likely N-dealkylation sites (tertiary alicyclic amines) is 1. The van der Waals surface area contributed by atoms with Crippen LogP contribution >= 0.6 is 0 Å². The van der Waals surface area contributed by atoms with Gasteiger partial charge in [0.05, 0.1) is 30.8 Å². The largest absolute Gasteiger partial charge is 0.508 e. The van der Waals surface area contributed by atoms with Crippen LogP contribution in [0.4, 0.5) is 14.6 Å². The van der Waals surface area contributed by atoms with E-state index in [1.54, 1.807) is 18.8 Å². The van der Waals surface area contributed by atoms with Crippen molar-refractivity contribution < 1.29 is 28.1 Å². The van der Waals surface area contributed by atoms with E-state index in [-0.39, 0.29) is 57.0 Å². The lowest BCUT2D eigenvalue weighted by molar-refractivity contribution is -0.0619. The highest BCUT2D eigenvalue weighted by Crippen LogP contribution is 2.49. The zero-order chi connectivity index (χ0) is 38.9. The van der Waals surface area contributed by atoms with Gasteiger partial charge in [-0.05, 0) is 75.1 Å². The first kappa shape index (κ1) is 37.0. The minimum Gasteiger partial charge on any atom is -0.508 e. The number of ether oxygens (including phenoxy) is 3. The van der Waals surface area contributed by atoms with Crippen LogP contribution < -0.4 is 9.64 Å². The van der Waals surface area contributed by atoms with E-state index in [4.69, 9.17) is 35.7 Å². The molecular weight excluding hydrogens is 717 g/mol. The average Bonchev–Trinajstić information content (AvgIpc) is 3.75. The maximum absolute atomic E-state index is 17.9. The predicted octanol–water partition coefficient (Wildman–Crippen LogP) is 6.26. The number of methoxy groups -OCH3 is 1. The van der Waals surface area contributed by atoms with Crippen LogP contribution in [0.25, 0.3) is 43.7 Å². The number of anilines is 1. The van der Waals surface area contributed by atoms with Crippen molar-refractivity contribution in [3.63, 3.8) is 0 Å². The molecule has 0 spiro atoms. The van der Waals surface area contributed by atoms with Crippen LogP contribution in [0.1, 0.15) is 51.5 Å². The molecule has 2 aromatic heterocycles. The van der Waals surface area contributed by atoms with E-state index in [1.807, 2.05) is 6.20 Å². The van der Waals surface area contributed by atoms with Crippen molar-refractivity contribution in [3.05, 3.63) is 47.7 Å². The second-order valence-electron chi connectivity index (χ2n) is 16.9. The molecule has 3 saturated heterocycles. The summed E-state index contributed by atoms with van der Waals surface area (Å²) in [5, 5.41) is 17.7. The summed E-state index contributed by atoms with van der Waals surface area (Å²) in [6.45, 7) is 11.3. The van der Waals surface area contributed by atoms with Gasteiger partial charge in [0.15, 0.2) is 5.82 Å². The van der Waals surface area contributed by atoms with Gasteiger partial charge in [-0.3, -0.25) is 14.5 Å². The number of rotatable bonds is 11. The lowest BCUT2D eigenvalue weighted by Crippen LogP contribution is -2.55. The van der Waals surface area contributed by atoms with Crippen molar-refractivity contribution in [2.75, 3.05) is 71.2 Å². The van der Waals surface area contributed by atoms with Gasteiger partial charge in [-0.25, -0.2) is 8.78 Å². The Morgan fingerprint density at radius 1 is 1.07 bits per heavy atom. The first-order chi connectivity index (χ1) is 27.0. The normalized spacial score (nSPS) is 22.0. The van der Waals surface area contributed by atoms with Crippen LogP contribution in [-0.2, 0) is 16.5 Å². The van der Waals surface area contributed by atoms with E-state index in [0.29, 0.717) is 59.3 Å². The molecule has 13 heteroatoms. The Kier molecular flexibility index (Phi) is 9.31. The molecule has 0 unspecified atom stereocenters. The Labute approximate surface area is 325 Å². The molecule has 3 aromatic carbocycles. The summed E-state index contributed by atoms with van der Waals surface area (Å²) in [6, 6.07) is 6.15. The zero-order valence-electron chi connectivity index (χ0n) is 32.6. The number of morpholine rings is 1. The Bertz CT molecular complexity index is 2370. The fourth-order valence-electron chi connectivity index (χ4n) is 9.46. The smallest absolute Gasteiger partial charge is 0.319 e. The summed E-state index contributed by atoms with van der Waals surface area (Å²) >= 11 is 0. The molecule has 0 radical (unpaired) electrons. The number of hydrogen-bond donors (Lipinski definition) is 1. The Morgan fingerprint density at radius 3 is 2.57 bits per heavy atom. The van der Waals surface area contributed by atoms with Gasteiger partial charge in [0.1, 0.15) is 28.4 Å². The summed E-state index contributed by atoms with van der Waals surface area (Å²) in [5.41, 5.74) is 0.554. The minimum atomic E-state index is -0.666. The number of halogens is 2. The van der Waals surface area contributed by atoms with Crippen molar-refractivity contribution >= 4 is 38.4 Å². The molecule has 2 atom stereocenters. The number of benzene rings is 3. The molecule has 11 nitrogen and oxygen atoms in total. The average molecular weight is 766 g/mol. The number of aromatic nitrogens is 4. The molecule has 9 rings (SSSR count). The third kappa shape index (κ3) is 6.40. The summed E-state index contributed by atoms with van der Waals surface area (Å²) in [7, 11) is 3.51. The maximum Gasteiger partial charge on any atom is 0.319 e. The van der Waals surface area contributed by atoms with E-state index in [2.05, 4.69) is 34.5 Å². The molecule has 0 amide bonds. The molecule has 3 aliphatic heterocycles.